The Hall–Kier alpha value is -2.06. The van der Waals surface area contributed by atoms with E-state index in [0.29, 0.717) is 21.3 Å². The Morgan fingerprint density at radius 2 is 1.78 bits per heavy atom. The van der Waals surface area contributed by atoms with Gasteiger partial charge in [-0.15, -0.1) is 0 Å². The quantitative estimate of drug-likeness (QED) is 0.677. The molecule has 0 bridgehead atoms. The van der Waals surface area contributed by atoms with Crippen LogP contribution in [-0.2, 0) is 10.0 Å². The number of rotatable bonds is 4. The van der Waals surface area contributed by atoms with E-state index >= 15 is 0 Å². The van der Waals surface area contributed by atoms with Crippen LogP contribution in [0.15, 0.2) is 52.1 Å². The van der Waals surface area contributed by atoms with Gasteiger partial charge >= 0.3 is 0 Å². The van der Waals surface area contributed by atoms with Gasteiger partial charge in [-0.3, -0.25) is 0 Å². The molecule has 2 aromatic carbocycles. The van der Waals surface area contributed by atoms with Crippen molar-refractivity contribution in [1.29, 1.82) is 0 Å². The van der Waals surface area contributed by atoms with Crippen molar-refractivity contribution in [1.82, 2.24) is 8.96 Å². The predicted molar refractivity (Wildman–Crippen MR) is 89.6 cm³/mol. The molecular weight excluding hydrogens is 384 g/mol. The van der Waals surface area contributed by atoms with Crippen molar-refractivity contribution in [2.75, 3.05) is 14.2 Å². The van der Waals surface area contributed by atoms with Crippen molar-refractivity contribution in [3.05, 3.63) is 47.2 Å². The van der Waals surface area contributed by atoms with Crippen molar-refractivity contribution in [3.8, 4) is 11.5 Å². The Morgan fingerprint density at radius 1 is 1.09 bits per heavy atom. The molecule has 6 nitrogen and oxygen atoms in total. The molecule has 1 aromatic heterocycles. The number of fused-ring (bicyclic) bond motifs is 1. The summed E-state index contributed by atoms with van der Waals surface area (Å²) in [4.78, 5) is 4.13. The zero-order valence-corrected chi connectivity index (χ0v) is 14.8. The van der Waals surface area contributed by atoms with Crippen LogP contribution in [0.3, 0.4) is 0 Å². The second-order valence-electron chi connectivity index (χ2n) is 4.67. The first kappa shape index (κ1) is 15.8. The van der Waals surface area contributed by atoms with Gasteiger partial charge < -0.3 is 9.47 Å². The van der Waals surface area contributed by atoms with Crippen LogP contribution in [0.2, 0.25) is 0 Å². The highest BCUT2D eigenvalue weighted by molar-refractivity contribution is 9.10. The Balaban J connectivity index is 2.28. The molecule has 8 heteroatoms. The highest BCUT2D eigenvalue weighted by Crippen LogP contribution is 2.36. The largest absolute Gasteiger partial charge is 0.496 e. The molecule has 3 aromatic rings. The Morgan fingerprint density at radius 3 is 2.48 bits per heavy atom. The van der Waals surface area contributed by atoms with Crippen LogP contribution in [0.4, 0.5) is 0 Å². The van der Waals surface area contributed by atoms with E-state index in [9.17, 15) is 8.42 Å². The van der Waals surface area contributed by atoms with Gasteiger partial charge in [0.25, 0.3) is 10.0 Å². The number of para-hydroxylation sites is 2. The van der Waals surface area contributed by atoms with Crippen molar-refractivity contribution < 1.29 is 17.9 Å². The summed E-state index contributed by atoms with van der Waals surface area (Å²) in [5, 5.41) is 0. The van der Waals surface area contributed by atoms with Crippen LogP contribution in [0.1, 0.15) is 0 Å². The average molecular weight is 397 g/mol. The van der Waals surface area contributed by atoms with E-state index in [-0.39, 0.29) is 10.6 Å². The fraction of sp³-hybridized carbons (Fsp3) is 0.133. The molecule has 0 radical (unpaired) electrons. The lowest BCUT2D eigenvalue weighted by Gasteiger charge is -2.13. The molecule has 0 aliphatic rings. The number of aromatic nitrogens is 2. The van der Waals surface area contributed by atoms with Crippen LogP contribution in [-0.4, -0.2) is 31.6 Å². The summed E-state index contributed by atoms with van der Waals surface area (Å²) < 4.78 is 38.2. The molecule has 0 N–H and O–H groups in total. The molecule has 3 rings (SSSR count). The number of hydrogen-bond donors (Lipinski definition) is 0. The lowest BCUT2D eigenvalue weighted by atomic mass is 10.3. The maximum atomic E-state index is 13.0. The summed E-state index contributed by atoms with van der Waals surface area (Å²) in [6.07, 6.45) is 1.29. The molecule has 0 aliphatic heterocycles. The third kappa shape index (κ3) is 2.57. The van der Waals surface area contributed by atoms with Gasteiger partial charge in [-0.05, 0) is 34.1 Å². The molecule has 0 unspecified atom stereocenters. The molecule has 0 aliphatic carbocycles. The lowest BCUT2D eigenvalue weighted by Crippen LogP contribution is -2.13. The third-order valence-electron chi connectivity index (χ3n) is 3.40. The molecule has 0 fully saturated rings. The first-order chi connectivity index (χ1) is 11.0. The topological polar surface area (TPSA) is 70.4 Å². The second-order valence-corrected chi connectivity index (χ2v) is 7.31. The van der Waals surface area contributed by atoms with Crippen LogP contribution in [0, 0.1) is 0 Å². The van der Waals surface area contributed by atoms with Gasteiger partial charge in [-0.1, -0.05) is 12.1 Å². The molecule has 23 heavy (non-hydrogen) atoms. The second kappa shape index (κ2) is 5.86. The van der Waals surface area contributed by atoms with Crippen LogP contribution in [0.25, 0.3) is 11.0 Å². The Kier molecular flexibility index (Phi) is 4.03. The molecular formula is C15H13BrN2O4S. The smallest absolute Gasteiger partial charge is 0.273 e. The molecule has 0 saturated carbocycles. The average Bonchev–Trinajstić information content (AvgIpc) is 2.99. The minimum atomic E-state index is -3.89. The third-order valence-corrected chi connectivity index (χ3v) is 5.70. The zero-order valence-electron chi connectivity index (χ0n) is 12.4. The van der Waals surface area contributed by atoms with E-state index < -0.39 is 10.0 Å². The highest BCUT2D eigenvalue weighted by atomic mass is 79.9. The minimum absolute atomic E-state index is 0.00297. The van der Waals surface area contributed by atoms with E-state index in [1.54, 1.807) is 30.3 Å². The first-order valence-electron chi connectivity index (χ1n) is 6.58. The standard InChI is InChI=1S/C15H13BrN2O4S/c1-21-13-8-15(14(22-2)7-10(13)16)23(19,20)18-9-17-11-5-3-4-6-12(11)18/h3-9H,1-2H3. The van der Waals surface area contributed by atoms with Gasteiger partial charge in [0.15, 0.2) is 0 Å². The predicted octanol–water partition coefficient (Wildman–Crippen LogP) is 3.05. The monoisotopic (exact) mass is 396 g/mol. The SMILES string of the molecule is COc1cc(S(=O)(=O)n2cnc3ccccc32)c(OC)cc1Br. The van der Waals surface area contributed by atoms with Gasteiger partial charge in [0, 0.05) is 6.07 Å². The molecule has 0 atom stereocenters. The zero-order chi connectivity index (χ0) is 16.6. The maximum absolute atomic E-state index is 13.0. The Bertz CT molecular complexity index is 982. The highest BCUT2D eigenvalue weighted by Gasteiger charge is 2.25. The number of imidazole rings is 1. The fourth-order valence-corrected chi connectivity index (χ4v) is 4.20. The summed E-state index contributed by atoms with van der Waals surface area (Å²) in [6.45, 7) is 0. The maximum Gasteiger partial charge on any atom is 0.273 e. The van der Waals surface area contributed by atoms with Crippen molar-refractivity contribution in [3.63, 3.8) is 0 Å². The van der Waals surface area contributed by atoms with Crippen molar-refractivity contribution in [2.24, 2.45) is 0 Å². The van der Waals surface area contributed by atoms with E-state index in [2.05, 4.69) is 20.9 Å². The van der Waals surface area contributed by atoms with E-state index in [1.165, 1.54) is 26.6 Å². The van der Waals surface area contributed by atoms with Crippen LogP contribution in [0.5, 0.6) is 11.5 Å². The number of halogens is 1. The van der Waals surface area contributed by atoms with Crippen LogP contribution >= 0.6 is 15.9 Å². The number of methoxy groups -OCH3 is 2. The van der Waals surface area contributed by atoms with Gasteiger partial charge in [0.1, 0.15) is 22.7 Å². The number of nitrogens with zero attached hydrogens (tertiary/aromatic N) is 2. The van der Waals surface area contributed by atoms with E-state index in [4.69, 9.17) is 9.47 Å². The number of benzene rings is 2. The first-order valence-corrected chi connectivity index (χ1v) is 8.81. The van der Waals surface area contributed by atoms with E-state index in [1.807, 2.05) is 0 Å². The molecule has 0 spiro atoms. The normalized spacial score (nSPS) is 11.6. The molecule has 1 heterocycles. The lowest BCUT2D eigenvalue weighted by molar-refractivity contribution is 0.390. The van der Waals surface area contributed by atoms with Crippen molar-refractivity contribution >= 4 is 37.0 Å². The number of hydrogen-bond acceptors (Lipinski definition) is 5. The summed E-state index contributed by atoms with van der Waals surface area (Å²) in [5.74, 6) is 0.615. The summed E-state index contributed by atoms with van der Waals surface area (Å²) in [6, 6.07) is 9.99. The molecule has 120 valence electrons. The summed E-state index contributed by atoms with van der Waals surface area (Å²) >= 11 is 3.32. The van der Waals surface area contributed by atoms with E-state index in [0.717, 1.165) is 3.97 Å². The van der Waals surface area contributed by atoms with Gasteiger partial charge in [0.2, 0.25) is 0 Å². The van der Waals surface area contributed by atoms with Gasteiger partial charge in [-0.25, -0.2) is 17.4 Å². The molecule has 0 amide bonds. The Labute approximate surface area is 141 Å². The summed E-state index contributed by atoms with van der Waals surface area (Å²) in [5.41, 5.74) is 1.09. The van der Waals surface area contributed by atoms with Crippen molar-refractivity contribution in [2.45, 2.75) is 4.90 Å². The summed E-state index contributed by atoms with van der Waals surface area (Å²) in [7, 11) is -1.00. The van der Waals surface area contributed by atoms with Gasteiger partial charge in [0.05, 0.1) is 29.7 Å². The minimum Gasteiger partial charge on any atom is -0.496 e. The van der Waals surface area contributed by atoms with Gasteiger partial charge in [-0.2, -0.15) is 0 Å². The fourth-order valence-electron chi connectivity index (χ4n) is 2.27. The van der Waals surface area contributed by atoms with Crippen LogP contribution < -0.4 is 9.47 Å². The molecule has 0 saturated heterocycles. The number of ether oxygens (including phenoxy) is 2.